The van der Waals surface area contributed by atoms with E-state index in [9.17, 15) is 9.59 Å². The molecule has 156 valence electrons. The predicted molar refractivity (Wildman–Crippen MR) is 106 cm³/mol. The molecule has 2 amide bonds. The van der Waals surface area contributed by atoms with Gasteiger partial charge in [0.15, 0.2) is 11.5 Å². The molecule has 3 fully saturated rings. The van der Waals surface area contributed by atoms with E-state index in [1.807, 2.05) is 0 Å². The summed E-state index contributed by atoms with van der Waals surface area (Å²) in [4.78, 5) is 27.2. The van der Waals surface area contributed by atoms with Gasteiger partial charge in [0.05, 0.1) is 0 Å². The van der Waals surface area contributed by atoms with Gasteiger partial charge in [0, 0.05) is 30.8 Å². The molecule has 0 unspecified atom stereocenters. The van der Waals surface area contributed by atoms with Crippen LogP contribution in [0.15, 0.2) is 18.2 Å². The van der Waals surface area contributed by atoms with Gasteiger partial charge in [0.2, 0.25) is 12.7 Å². The molecular formula is C22H28N2O5. The Hall–Kier alpha value is -2.44. The van der Waals surface area contributed by atoms with E-state index in [-0.39, 0.29) is 18.3 Å². The molecule has 0 spiro atoms. The molecule has 0 aromatic heterocycles. The molecule has 1 saturated carbocycles. The Bertz CT molecular complexity index is 838. The smallest absolute Gasteiger partial charge is 0.411 e. The number of hydrogen-bond donors (Lipinski definition) is 1. The van der Waals surface area contributed by atoms with Crippen LogP contribution in [-0.2, 0) is 9.53 Å². The first kappa shape index (κ1) is 18.6. The minimum Gasteiger partial charge on any atom is -0.454 e. The van der Waals surface area contributed by atoms with Crippen LogP contribution < -0.4 is 14.8 Å². The molecule has 1 aromatic carbocycles. The minimum absolute atomic E-state index is 0.0630. The van der Waals surface area contributed by atoms with Crippen molar-refractivity contribution in [2.45, 2.75) is 58.1 Å². The lowest BCUT2D eigenvalue weighted by Crippen LogP contribution is -2.50. The van der Waals surface area contributed by atoms with E-state index in [1.54, 1.807) is 18.2 Å². The van der Waals surface area contributed by atoms with E-state index in [0.29, 0.717) is 47.4 Å². The number of fused-ring (bicyclic) bond motifs is 1. The van der Waals surface area contributed by atoms with Crippen molar-refractivity contribution in [3.05, 3.63) is 18.2 Å². The summed E-state index contributed by atoms with van der Waals surface area (Å²) >= 11 is 0. The third kappa shape index (κ3) is 3.30. The highest BCUT2D eigenvalue weighted by molar-refractivity contribution is 5.85. The summed E-state index contributed by atoms with van der Waals surface area (Å²) in [5, 5.41) is 2.81. The zero-order chi connectivity index (χ0) is 20.2. The average Bonchev–Trinajstić information content (AvgIpc) is 3.29. The van der Waals surface area contributed by atoms with Gasteiger partial charge in [-0.25, -0.2) is 4.79 Å². The number of carbonyl (C=O) groups is 2. The highest BCUT2D eigenvalue weighted by atomic mass is 16.7. The van der Waals surface area contributed by atoms with Crippen molar-refractivity contribution in [3.8, 4) is 11.5 Å². The van der Waals surface area contributed by atoms with E-state index in [0.717, 1.165) is 32.2 Å². The summed E-state index contributed by atoms with van der Waals surface area (Å²) in [6.45, 7) is 5.57. The zero-order valence-corrected chi connectivity index (χ0v) is 17.0. The summed E-state index contributed by atoms with van der Waals surface area (Å²) in [6.07, 6.45) is 3.61. The van der Waals surface area contributed by atoms with Crippen molar-refractivity contribution in [2.24, 2.45) is 17.3 Å². The van der Waals surface area contributed by atoms with Gasteiger partial charge >= 0.3 is 6.09 Å². The molecule has 0 radical (unpaired) electrons. The molecule has 1 aromatic rings. The fourth-order valence-corrected chi connectivity index (χ4v) is 5.74. The second-order valence-electron chi connectivity index (χ2n) is 9.41. The number of ether oxygens (including phenoxy) is 3. The Labute approximate surface area is 170 Å². The number of hydrogen-bond acceptors (Lipinski definition) is 5. The van der Waals surface area contributed by atoms with Gasteiger partial charge in [-0.15, -0.1) is 0 Å². The highest BCUT2D eigenvalue weighted by Crippen LogP contribution is 2.51. The topological polar surface area (TPSA) is 77.1 Å². The lowest BCUT2D eigenvalue weighted by atomic mass is 9.64. The standard InChI is InChI=1S/C22H28N2O5/c1-22(2)7-5-19(25)24-8-6-13-9-15(11-16(22)20(13)24)29-21(26)23-14-3-4-17-18(10-14)28-12-27-17/h3-4,10,13,15-16,20H,5-9,11-12H2,1-2H3,(H,23,26)/t13-,15-,16+,20-/m0/s1. The number of rotatable bonds is 2. The van der Waals surface area contributed by atoms with Crippen LogP contribution in [0.5, 0.6) is 11.5 Å². The molecule has 4 aliphatic rings. The van der Waals surface area contributed by atoms with Gasteiger partial charge in [0.1, 0.15) is 6.10 Å². The summed E-state index contributed by atoms with van der Waals surface area (Å²) in [5.74, 6) is 2.38. The molecular weight excluding hydrogens is 372 g/mol. The van der Waals surface area contributed by atoms with E-state index >= 15 is 0 Å². The number of carbonyl (C=O) groups excluding carboxylic acids is 2. The molecule has 2 saturated heterocycles. The highest BCUT2D eigenvalue weighted by Gasteiger charge is 2.53. The van der Waals surface area contributed by atoms with E-state index in [4.69, 9.17) is 14.2 Å². The van der Waals surface area contributed by atoms with Crippen LogP contribution >= 0.6 is 0 Å². The Morgan fingerprint density at radius 1 is 1.24 bits per heavy atom. The number of amides is 2. The van der Waals surface area contributed by atoms with Gasteiger partial charge in [-0.05, 0) is 55.1 Å². The monoisotopic (exact) mass is 400 g/mol. The normalized spacial score (nSPS) is 31.8. The minimum atomic E-state index is -0.440. The summed E-state index contributed by atoms with van der Waals surface area (Å²) < 4.78 is 16.5. The van der Waals surface area contributed by atoms with Gasteiger partial charge < -0.3 is 19.1 Å². The molecule has 3 heterocycles. The van der Waals surface area contributed by atoms with Gasteiger partial charge in [-0.3, -0.25) is 10.1 Å². The number of nitrogens with one attached hydrogen (secondary N) is 1. The second kappa shape index (κ2) is 6.82. The fraction of sp³-hybridized carbons (Fsp3) is 0.636. The number of nitrogens with zero attached hydrogens (tertiary/aromatic N) is 1. The Morgan fingerprint density at radius 3 is 2.93 bits per heavy atom. The van der Waals surface area contributed by atoms with Gasteiger partial charge in [-0.1, -0.05) is 13.8 Å². The van der Waals surface area contributed by atoms with Crippen molar-refractivity contribution >= 4 is 17.7 Å². The van der Waals surface area contributed by atoms with E-state index in [2.05, 4.69) is 24.1 Å². The Balaban J connectivity index is 1.28. The predicted octanol–water partition coefficient (Wildman–Crippen LogP) is 3.78. The Kier molecular flexibility index (Phi) is 4.37. The first-order valence-electron chi connectivity index (χ1n) is 10.6. The van der Waals surface area contributed by atoms with Crippen LogP contribution in [0.4, 0.5) is 10.5 Å². The maximum absolute atomic E-state index is 12.6. The summed E-state index contributed by atoms with van der Waals surface area (Å²) in [7, 11) is 0. The number of benzene rings is 1. The van der Waals surface area contributed by atoms with Crippen LogP contribution in [-0.4, -0.2) is 42.4 Å². The van der Waals surface area contributed by atoms with E-state index in [1.165, 1.54) is 0 Å². The third-order valence-electron chi connectivity index (χ3n) is 7.28. The van der Waals surface area contributed by atoms with Crippen molar-refractivity contribution in [2.75, 3.05) is 18.7 Å². The Morgan fingerprint density at radius 2 is 2.07 bits per heavy atom. The van der Waals surface area contributed by atoms with Crippen molar-refractivity contribution in [1.82, 2.24) is 4.90 Å². The first-order chi connectivity index (χ1) is 13.9. The van der Waals surface area contributed by atoms with Crippen LogP contribution in [0.25, 0.3) is 0 Å². The largest absolute Gasteiger partial charge is 0.454 e. The lowest BCUT2D eigenvalue weighted by Gasteiger charge is -2.46. The van der Waals surface area contributed by atoms with Crippen molar-refractivity contribution < 1.29 is 23.8 Å². The first-order valence-corrected chi connectivity index (χ1v) is 10.6. The van der Waals surface area contributed by atoms with Gasteiger partial charge in [-0.2, -0.15) is 0 Å². The molecule has 29 heavy (non-hydrogen) atoms. The van der Waals surface area contributed by atoms with Crippen LogP contribution in [0, 0.1) is 17.3 Å². The second-order valence-corrected chi connectivity index (χ2v) is 9.41. The molecule has 0 bridgehead atoms. The molecule has 7 heteroatoms. The maximum atomic E-state index is 12.6. The molecule has 3 aliphatic heterocycles. The summed E-state index contributed by atoms with van der Waals surface area (Å²) in [5.41, 5.74) is 0.688. The summed E-state index contributed by atoms with van der Waals surface area (Å²) in [6, 6.07) is 5.61. The zero-order valence-electron chi connectivity index (χ0n) is 17.0. The lowest BCUT2D eigenvalue weighted by molar-refractivity contribution is -0.133. The quantitative estimate of drug-likeness (QED) is 0.818. The van der Waals surface area contributed by atoms with Crippen LogP contribution in [0.2, 0.25) is 0 Å². The van der Waals surface area contributed by atoms with Gasteiger partial charge in [0.25, 0.3) is 0 Å². The number of anilines is 1. The van der Waals surface area contributed by atoms with Crippen LogP contribution in [0.3, 0.4) is 0 Å². The molecule has 1 N–H and O–H groups in total. The fourth-order valence-electron chi connectivity index (χ4n) is 5.74. The molecule has 7 nitrogen and oxygen atoms in total. The SMILES string of the molecule is CC1(C)CCC(=O)N2CC[C@H]3C[C@H](OC(=O)Nc4ccc5c(c4)OCO5)C[C@@H]1[C@H]32. The molecule has 1 aliphatic carbocycles. The van der Waals surface area contributed by atoms with E-state index < -0.39 is 6.09 Å². The molecule has 5 rings (SSSR count). The maximum Gasteiger partial charge on any atom is 0.411 e. The molecule has 4 atom stereocenters. The van der Waals surface area contributed by atoms with Crippen LogP contribution in [0.1, 0.15) is 46.0 Å². The third-order valence-corrected chi connectivity index (χ3v) is 7.28. The average molecular weight is 400 g/mol. The van der Waals surface area contributed by atoms with Crippen molar-refractivity contribution in [1.29, 1.82) is 0 Å². The van der Waals surface area contributed by atoms with Crippen molar-refractivity contribution in [3.63, 3.8) is 0 Å².